The summed E-state index contributed by atoms with van der Waals surface area (Å²) in [5.74, 6) is 0.646. The molecule has 1 fully saturated rings. The Kier molecular flexibility index (Phi) is 3.55. The van der Waals surface area contributed by atoms with Gasteiger partial charge in [0.25, 0.3) is 0 Å². The van der Waals surface area contributed by atoms with Crippen LogP contribution in [-0.4, -0.2) is 18.7 Å². The van der Waals surface area contributed by atoms with Crippen molar-refractivity contribution in [2.45, 2.75) is 44.8 Å². The van der Waals surface area contributed by atoms with Crippen LogP contribution in [0.5, 0.6) is 5.75 Å². The molecular formula is C17H22FNO. The lowest BCUT2D eigenvalue weighted by Crippen LogP contribution is -2.35. The molecule has 3 heteroatoms. The molecule has 108 valence electrons. The van der Waals surface area contributed by atoms with E-state index in [4.69, 9.17) is 4.74 Å². The molecule has 0 saturated heterocycles. The predicted octanol–water partition coefficient (Wildman–Crippen LogP) is 3.46. The van der Waals surface area contributed by atoms with Crippen molar-refractivity contribution in [2.75, 3.05) is 6.54 Å². The number of rotatable bonds is 6. The van der Waals surface area contributed by atoms with E-state index in [-0.39, 0.29) is 17.3 Å². The molecule has 1 heterocycles. The molecule has 2 aliphatic rings. The number of hydrogen-bond donors (Lipinski definition) is 1. The first kappa shape index (κ1) is 13.6. The Hall–Kier alpha value is -1.35. The fourth-order valence-electron chi connectivity index (χ4n) is 2.82. The zero-order valence-corrected chi connectivity index (χ0v) is 12.0. The van der Waals surface area contributed by atoms with Crippen LogP contribution in [0.1, 0.15) is 31.7 Å². The molecule has 0 aromatic heterocycles. The van der Waals surface area contributed by atoms with Gasteiger partial charge in [0.05, 0.1) is 0 Å². The fourth-order valence-corrected chi connectivity index (χ4v) is 2.82. The fraction of sp³-hybridized carbons (Fsp3) is 0.529. The Morgan fingerprint density at radius 1 is 1.50 bits per heavy atom. The number of fused-ring (bicyclic) bond motifs is 1. The summed E-state index contributed by atoms with van der Waals surface area (Å²) in [6, 6.07) is 5.48. The summed E-state index contributed by atoms with van der Waals surface area (Å²) in [5, 5.41) is 3.57. The van der Waals surface area contributed by atoms with E-state index in [1.807, 2.05) is 6.08 Å². The first-order chi connectivity index (χ1) is 9.58. The molecule has 0 bridgehead atoms. The highest BCUT2D eigenvalue weighted by Gasteiger charge is 2.32. The van der Waals surface area contributed by atoms with Gasteiger partial charge in [0.2, 0.25) is 0 Å². The van der Waals surface area contributed by atoms with Gasteiger partial charge in [-0.2, -0.15) is 0 Å². The average Bonchev–Trinajstić information content (AvgIpc) is 3.17. The molecule has 1 aromatic carbocycles. The average molecular weight is 275 g/mol. The Labute approximate surface area is 120 Å². The van der Waals surface area contributed by atoms with E-state index >= 15 is 0 Å². The first-order valence-corrected chi connectivity index (χ1v) is 7.40. The lowest BCUT2D eigenvalue weighted by atomic mass is 9.83. The Balaban J connectivity index is 1.61. The third-order valence-corrected chi connectivity index (χ3v) is 4.32. The minimum atomic E-state index is -0.185. The zero-order valence-electron chi connectivity index (χ0n) is 12.0. The second-order valence-corrected chi connectivity index (χ2v) is 6.41. The molecule has 2 nitrogen and oxygen atoms in total. The second-order valence-electron chi connectivity index (χ2n) is 6.41. The van der Waals surface area contributed by atoms with Crippen molar-refractivity contribution in [3.8, 4) is 5.75 Å². The molecule has 2 unspecified atom stereocenters. The summed E-state index contributed by atoms with van der Waals surface area (Å²) in [6.45, 7) is 7.13. The van der Waals surface area contributed by atoms with Crippen LogP contribution in [0.25, 0.3) is 0 Å². The van der Waals surface area contributed by atoms with Crippen LogP contribution in [-0.2, 0) is 6.42 Å². The molecule has 20 heavy (non-hydrogen) atoms. The van der Waals surface area contributed by atoms with Gasteiger partial charge in [-0.3, -0.25) is 0 Å². The highest BCUT2D eigenvalue weighted by Crippen LogP contribution is 2.35. The summed E-state index contributed by atoms with van der Waals surface area (Å²) in [5.41, 5.74) is 1.00. The van der Waals surface area contributed by atoms with Gasteiger partial charge in [-0.15, -0.1) is 6.58 Å². The maximum atomic E-state index is 13.2. The van der Waals surface area contributed by atoms with Gasteiger partial charge in [0.1, 0.15) is 17.7 Å². The third kappa shape index (κ3) is 3.04. The molecule has 1 aliphatic heterocycles. The van der Waals surface area contributed by atoms with E-state index in [1.54, 1.807) is 12.1 Å². The smallest absolute Gasteiger partial charge is 0.123 e. The zero-order chi connectivity index (χ0) is 14.2. The molecular weight excluding hydrogens is 253 g/mol. The Morgan fingerprint density at radius 3 is 3.00 bits per heavy atom. The monoisotopic (exact) mass is 275 g/mol. The van der Waals surface area contributed by atoms with Gasteiger partial charge in [0.15, 0.2) is 0 Å². The van der Waals surface area contributed by atoms with Gasteiger partial charge < -0.3 is 10.1 Å². The minimum Gasteiger partial charge on any atom is -0.490 e. The quantitative estimate of drug-likeness (QED) is 0.803. The van der Waals surface area contributed by atoms with Crippen LogP contribution < -0.4 is 10.1 Å². The summed E-state index contributed by atoms with van der Waals surface area (Å²) in [4.78, 5) is 0. The minimum absolute atomic E-state index is 0.0217. The molecule has 2 atom stereocenters. The van der Waals surface area contributed by atoms with Crippen molar-refractivity contribution in [1.29, 1.82) is 0 Å². The third-order valence-electron chi connectivity index (χ3n) is 4.32. The van der Waals surface area contributed by atoms with Crippen LogP contribution >= 0.6 is 0 Å². The molecule has 0 spiro atoms. The maximum absolute atomic E-state index is 13.2. The van der Waals surface area contributed by atoms with Crippen LogP contribution in [0, 0.1) is 11.2 Å². The van der Waals surface area contributed by atoms with Gasteiger partial charge in [-0.25, -0.2) is 4.39 Å². The number of halogens is 1. The number of nitrogens with one attached hydrogen (secondary N) is 1. The summed E-state index contributed by atoms with van der Waals surface area (Å²) in [7, 11) is 0. The van der Waals surface area contributed by atoms with E-state index in [0.29, 0.717) is 6.04 Å². The van der Waals surface area contributed by atoms with Crippen molar-refractivity contribution in [1.82, 2.24) is 5.32 Å². The summed E-state index contributed by atoms with van der Waals surface area (Å²) >= 11 is 0. The van der Waals surface area contributed by atoms with E-state index in [9.17, 15) is 4.39 Å². The topological polar surface area (TPSA) is 21.3 Å². The van der Waals surface area contributed by atoms with Gasteiger partial charge in [-0.1, -0.05) is 13.0 Å². The SMILES string of the molecule is C=CC(C)(CNC1CC1)CC1Cc2cc(F)ccc2O1. The van der Waals surface area contributed by atoms with Gasteiger partial charge in [0, 0.05) is 30.0 Å². The normalized spacial score (nSPS) is 23.8. The lowest BCUT2D eigenvalue weighted by Gasteiger charge is -2.29. The van der Waals surface area contributed by atoms with Crippen LogP contribution in [0.3, 0.4) is 0 Å². The Morgan fingerprint density at radius 2 is 2.30 bits per heavy atom. The molecule has 1 aromatic rings. The number of ether oxygens (including phenoxy) is 1. The summed E-state index contributed by atoms with van der Waals surface area (Å²) in [6.07, 6.45) is 6.42. The largest absolute Gasteiger partial charge is 0.490 e. The van der Waals surface area contributed by atoms with Gasteiger partial charge >= 0.3 is 0 Å². The number of benzene rings is 1. The highest BCUT2D eigenvalue weighted by molar-refractivity contribution is 5.38. The van der Waals surface area contributed by atoms with Crippen molar-refractivity contribution in [2.24, 2.45) is 5.41 Å². The van der Waals surface area contributed by atoms with E-state index in [1.165, 1.54) is 18.9 Å². The van der Waals surface area contributed by atoms with Crippen LogP contribution in [0.2, 0.25) is 0 Å². The lowest BCUT2D eigenvalue weighted by molar-refractivity contribution is 0.169. The van der Waals surface area contributed by atoms with Crippen LogP contribution in [0.15, 0.2) is 30.9 Å². The number of hydrogen-bond acceptors (Lipinski definition) is 2. The van der Waals surface area contributed by atoms with E-state index in [2.05, 4.69) is 18.8 Å². The molecule has 0 amide bonds. The van der Waals surface area contributed by atoms with Crippen molar-refractivity contribution in [3.63, 3.8) is 0 Å². The molecule has 1 N–H and O–H groups in total. The predicted molar refractivity (Wildman–Crippen MR) is 78.5 cm³/mol. The van der Waals surface area contributed by atoms with Crippen LogP contribution in [0.4, 0.5) is 4.39 Å². The summed E-state index contributed by atoms with van der Waals surface area (Å²) < 4.78 is 19.2. The standard InChI is InChI=1S/C17H22FNO/c1-3-17(2,11-19-14-5-6-14)10-15-9-12-8-13(18)4-7-16(12)20-15/h3-4,7-8,14-15,19H,1,5-6,9-11H2,2H3. The van der Waals surface area contributed by atoms with Crippen molar-refractivity contribution in [3.05, 3.63) is 42.2 Å². The Bertz CT molecular complexity index is 512. The molecule has 1 aliphatic carbocycles. The van der Waals surface area contributed by atoms with Crippen molar-refractivity contribution >= 4 is 0 Å². The molecule has 0 radical (unpaired) electrons. The molecule has 1 saturated carbocycles. The second kappa shape index (κ2) is 5.21. The van der Waals surface area contributed by atoms with Gasteiger partial charge in [-0.05, 0) is 37.5 Å². The van der Waals surface area contributed by atoms with Crippen molar-refractivity contribution < 1.29 is 9.13 Å². The maximum Gasteiger partial charge on any atom is 0.123 e. The van der Waals surface area contributed by atoms with E-state index < -0.39 is 0 Å². The highest BCUT2D eigenvalue weighted by atomic mass is 19.1. The molecule has 3 rings (SSSR count). The first-order valence-electron chi connectivity index (χ1n) is 7.40. The van der Waals surface area contributed by atoms with E-state index in [0.717, 1.165) is 30.7 Å².